The van der Waals surface area contributed by atoms with E-state index in [1.165, 1.54) is 19.3 Å². The Morgan fingerprint density at radius 2 is 1.67 bits per heavy atom. The Kier molecular flexibility index (Phi) is 8.86. The van der Waals surface area contributed by atoms with Gasteiger partial charge in [0, 0.05) is 13.2 Å². The molecule has 1 radical (unpaired) electrons. The van der Waals surface area contributed by atoms with Gasteiger partial charge in [-0.15, -0.1) is 0 Å². The first-order valence-electron chi connectivity index (χ1n) is 5.55. The fourth-order valence-corrected chi connectivity index (χ4v) is 1.22. The Bertz CT molecular complexity index is 134. The van der Waals surface area contributed by atoms with Crippen LogP contribution in [0, 0.1) is 6.42 Å². The second-order valence-electron chi connectivity index (χ2n) is 3.56. The van der Waals surface area contributed by atoms with Crippen LogP contribution in [-0.4, -0.2) is 19.4 Å². The van der Waals surface area contributed by atoms with Gasteiger partial charge in [0.15, 0.2) is 0 Å². The molecular weight excluding hydrogens is 205 g/mol. The minimum absolute atomic E-state index is 0.0432. The van der Waals surface area contributed by atoms with Gasteiger partial charge in [0.1, 0.15) is 0 Å². The highest BCUT2D eigenvalue weighted by Gasteiger charge is 2.26. The first kappa shape index (κ1) is 14.8. The summed E-state index contributed by atoms with van der Waals surface area (Å²) in [6, 6.07) is 0. The second-order valence-corrected chi connectivity index (χ2v) is 3.56. The molecule has 91 valence electrons. The molecule has 0 fully saturated rings. The van der Waals surface area contributed by atoms with Crippen molar-refractivity contribution >= 4 is 0 Å². The van der Waals surface area contributed by atoms with Gasteiger partial charge in [-0.1, -0.05) is 32.6 Å². The zero-order valence-corrected chi connectivity index (χ0v) is 9.28. The average molecular weight is 225 g/mol. The molecule has 0 aliphatic carbocycles. The molecule has 15 heavy (non-hydrogen) atoms. The van der Waals surface area contributed by atoms with Gasteiger partial charge < -0.3 is 4.74 Å². The van der Waals surface area contributed by atoms with E-state index in [1.54, 1.807) is 0 Å². The van der Waals surface area contributed by atoms with Crippen molar-refractivity contribution in [2.75, 3.05) is 13.2 Å². The predicted octanol–water partition coefficient (Wildman–Crippen LogP) is 4.13. The zero-order chi connectivity index (χ0) is 11.6. The Morgan fingerprint density at radius 3 is 2.27 bits per heavy atom. The summed E-state index contributed by atoms with van der Waals surface area (Å²) >= 11 is 0. The van der Waals surface area contributed by atoms with Crippen LogP contribution in [0.25, 0.3) is 0 Å². The molecule has 0 aromatic heterocycles. The number of ether oxygens (including phenoxy) is 1. The molecule has 0 rings (SSSR count). The van der Waals surface area contributed by atoms with E-state index < -0.39 is 6.18 Å². The van der Waals surface area contributed by atoms with Crippen molar-refractivity contribution in [3.8, 4) is 0 Å². The lowest BCUT2D eigenvalue weighted by molar-refractivity contribution is -0.100. The number of rotatable bonds is 9. The third-order valence-electron chi connectivity index (χ3n) is 2.03. The van der Waals surface area contributed by atoms with Crippen LogP contribution in [0.15, 0.2) is 0 Å². The van der Waals surface area contributed by atoms with E-state index in [-0.39, 0.29) is 13.0 Å². The summed E-state index contributed by atoms with van der Waals surface area (Å²) in [6.07, 6.45) is 1.80. The lowest BCUT2D eigenvalue weighted by Gasteiger charge is -2.06. The number of hydrogen-bond donors (Lipinski definition) is 0. The highest BCUT2D eigenvalue weighted by Crippen LogP contribution is 2.19. The topological polar surface area (TPSA) is 9.23 Å². The number of unbranched alkanes of at least 4 members (excludes halogenated alkanes) is 4. The number of alkyl halides is 3. The molecule has 0 unspecified atom stereocenters. The maximum Gasteiger partial charge on any atom is 0.392 e. The highest BCUT2D eigenvalue weighted by molar-refractivity contribution is 4.73. The van der Waals surface area contributed by atoms with Gasteiger partial charge >= 0.3 is 6.18 Å². The summed E-state index contributed by atoms with van der Waals surface area (Å²) in [5.41, 5.74) is 0. The molecule has 0 bridgehead atoms. The quantitative estimate of drug-likeness (QED) is 0.536. The fraction of sp³-hybridized carbons (Fsp3) is 0.909. The summed E-state index contributed by atoms with van der Waals surface area (Å²) < 4.78 is 40.1. The highest BCUT2D eigenvalue weighted by atomic mass is 19.4. The van der Waals surface area contributed by atoms with E-state index >= 15 is 0 Å². The summed E-state index contributed by atoms with van der Waals surface area (Å²) in [7, 11) is 0. The van der Waals surface area contributed by atoms with Crippen LogP contribution in [0.1, 0.15) is 45.4 Å². The summed E-state index contributed by atoms with van der Waals surface area (Å²) in [5, 5.41) is 0. The van der Waals surface area contributed by atoms with Gasteiger partial charge in [0.2, 0.25) is 0 Å². The van der Waals surface area contributed by atoms with Crippen LogP contribution >= 0.6 is 0 Å². The van der Waals surface area contributed by atoms with Gasteiger partial charge in [-0.25, -0.2) is 0 Å². The molecule has 0 aromatic carbocycles. The van der Waals surface area contributed by atoms with E-state index in [0.29, 0.717) is 13.0 Å². The largest absolute Gasteiger partial charge is 0.392 e. The molecule has 0 heterocycles. The van der Waals surface area contributed by atoms with Gasteiger partial charge in [-0.3, -0.25) is 0 Å². The molecule has 1 nitrogen and oxygen atoms in total. The van der Waals surface area contributed by atoms with Crippen LogP contribution < -0.4 is 0 Å². The molecule has 0 amide bonds. The standard InChI is InChI=1S/C11H20F3O/c1-2-3-4-5-6-9-15-10-7-8-11(12,13)14/h8H,2-7,9-10H2,1H3. The Balaban J connectivity index is 2.99. The predicted molar refractivity (Wildman–Crippen MR) is 54.6 cm³/mol. The van der Waals surface area contributed by atoms with Gasteiger partial charge in [0.05, 0.1) is 6.42 Å². The van der Waals surface area contributed by atoms with Crippen LogP contribution in [0.4, 0.5) is 13.2 Å². The minimum Gasteiger partial charge on any atom is -0.381 e. The van der Waals surface area contributed by atoms with Crippen molar-refractivity contribution in [1.82, 2.24) is 0 Å². The lowest BCUT2D eigenvalue weighted by atomic mass is 10.2. The molecule has 0 saturated heterocycles. The van der Waals surface area contributed by atoms with Crippen LogP contribution in [0.5, 0.6) is 0 Å². The van der Waals surface area contributed by atoms with E-state index in [4.69, 9.17) is 4.74 Å². The molecule has 0 aliphatic rings. The molecule has 0 N–H and O–H groups in total. The molecular formula is C11H20F3O. The van der Waals surface area contributed by atoms with Crippen molar-refractivity contribution in [2.45, 2.75) is 51.6 Å². The van der Waals surface area contributed by atoms with Crippen molar-refractivity contribution in [2.24, 2.45) is 0 Å². The van der Waals surface area contributed by atoms with E-state index in [9.17, 15) is 13.2 Å². The van der Waals surface area contributed by atoms with Crippen molar-refractivity contribution in [3.05, 3.63) is 6.42 Å². The third kappa shape index (κ3) is 13.8. The van der Waals surface area contributed by atoms with Gasteiger partial charge in [-0.2, -0.15) is 13.2 Å². The summed E-state index contributed by atoms with van der Waals surface area (Å²) in [5.74, 6) is 0. The lowest BCUT2D eigenvalue weighted by Crippen LogP contribution is -2.10. The molecule has 4 heteroatoms. The zero-order valence-electron chi connectivity index (χ0n) is 9.28. The van der Waals surface area contributed by atoms with Crippen molar-refractivity contribution < 1.29 is 17.9 Å². The minimum atomic E-state index is -4.16. The van der Waals surface area contributed by atoms with Gasteiger partial charge in [0.25, 0.3) is 0 Å². The fourth-order valence-electron chi connectivity index (χ4n) is 1.22. The number of halogens is 3. The first-order chi connectivity index (χ1) is 7.06. The van der Waals surface area contributed by atoms with Crippen LogP contribution in [0.3, 0.4) is 0 Å². The smallest absolute Gasteiger partial charge is 0.381 e. The summed E-state index contributed by atoms with van der Waals surface area (Å²) in [4.78, 5) is 0. The maximum absolute atomic E-state index is 11.7. The Morgan fingerprint density at radius 1 is 1.00 bits per heavy atom. The van der Waals surface area contributed by atoms with Crippen molar-refractivity contribution in [3.63, 3.8) is 0 Å². The monoisotopic (exact) mass is 225 g/mol. The first-order valence-corrected chi connectivity index (χ1v) is 5.55. The SMILES string of the molecule is CCCCCCCOCC[CH]C(F)(F)F. The molecule has 0 atom stereocenters. The molecule has 0 saturated carbocycles. The van der Waals surface area contributed by atoms with E-state index in [0.717, 1.165) is 12.8 Å². The van der Waals surface area contributed by atoms with E-state index in [2.05, 4.69) is 6.92 Å². The Labute approximate surface area is 90.0 Å². The normalized spacial score (nSPS) is 12.0. The van der Waals surface area contributed by atoms with Crippen LogP contribution in [0.2, 0.25) is 0 Å². The second kappa shape index (κ2) is 9.01. The molecule has 0 spiro atoms. The number of hydrogen-bond acceptors (Lipinski definition) is 1. The molecule has 0 aliphatic heterocycles. The summed E-state index contributed by atoms with van der Waals surface area (Å²) in [6.45, 7) is 2.90. The Hall–Kier alpha value is -0.250. The average Bonchev–Trinajstić information content (AvgIpc) is 2.14. The van der Waals surface area contributed by atoms with Gasteiger partial charge in [-0.05, 0) is 12.8 Å². The third-order valence-corrected chi connectivity index (χ3v) is 2.03. The van der Waals surface area contributed by atoms with Crippen LogP contribution in [-0.2, 0) is 4.74 Å². The maximum atomic E-state index is 11.7. The van der Waals surface area contributed by atoms with Crippen molar-refractivity contribution in [1.29, 1.82) is 0 Å². The molecule has 0 aromatic rings. The van der Waals surface area contributed by atoms with E-state index in [1.807, 2.05) is 0 Å².